The summed E-state index contributed by atoms with van der Waals surface area (Å²) >= 11 is 0. The van der Waals surface area contributed by atoms with E-state index in [1.807, 2.05) is 68.5 Å². The Labute approximate surface area is 184 Å². The van der Waals surface area contributed by atoms with Gasteiger partial charge >= 0.3 is 0 Å². The largest absolute Gasteiger partial charge is 0.289 e. The summed E-state index contributed by atoms with van der Waals surface area (Å²) in [4.78, 5) is 27.1. The van der Waals surface area contributed by atoms with Crippen LogP contribution in [0, 0.1) is 6.92 Å². The Morgan fingerprint density at radius 1 is 0.625 bits per heavy atom. The number of fused-ring (bicyclic) bond motifs is 4. The van der Waals surface area contributed by atoms with Gasteiger partial charge in [-0.05, 0) is 51.9 Å². The second kappa shape index (κ2) is 6.48. The van der Waals surface area contributed by atoms with E-state index in [4.69, 9.17) is 0 Å². The second-order valence-electron chi connectivity index (χ2n) is 8.39. The van der Waals surface area contributed by atoms with Gasteiger partial charge in [0.25, 0.3) is 0 Å². The minimum absolute atomic E-state index is 0.00902. The second-order valence-corrected chi connectivity index (χ2v) is 8.39. The third-order valence-corrected chi connectivity index (χ3v) is 6.77. The van der Waals surface area contributed by atoms with Crippen LogP contribution in [0.15, 0.2) is 76.8 Å². The maximum Gasteiger partial charge on any atom is 0.194 e. The van der Waals surface area contributed by atoms with Crippen LogP contribution in [0.4, 0.5) is 0 Å². The van der Waals surface area contributed by atoms with Crippen molar-refractivity contribution in [2.75, 3.05) is 0 Å². The fourth-order valence-corrected chi connectivity index (χ4v) is 5.49. The molecule has 6 aromatic rings. The molecule has 0 amide bonds. The molecule has 2 heteroatoms. The quantitative estimate of drug-likeness (QED) is 0.226. The van der Waals surface area contributed by atoms with Crippen LogP contribution < -0.4 is 10.9 Å². The average molecular weight is 412 g/mol. The zero-order valence-electron chi connectivity index (χ0n) is 18.0. The molecule has 0 heterocycles. The first kappa shape index (κ1) is 18.7. The molecule has 0 saturated heterocycles. The lowest BCUT2D eigenvalue weighted by atomic mass is 9.83. The molecule has 0 N–H and O–H groups in total. The number of benzene rings is 6. The van der Waals surface area contributed by atoms with Crippen molar-refractivity contribution in [3.8, 4) is 0 Å². The Balaban J connectivity index is 2.16. The monoisotopic (exact) mass is 412 g/mol. The fraction of sp³-hybridized carbons (Fsp3) is 0.0667. The van der Waals surface area contributed by atoms with Crippen LogP contribution in [-0.4, -0.2) is 0 Å². The molecular formula is C30H20O2. The molecule has 6 aromatic carbocycles. The van der Waals surface area contributed by atoms with E-state index in [0.717, 1.165) is 59.6 Å². The van der Waals surface area contributed by atoms with E-state index in [1.54, 1.807) is 6.08 Å². The van der Waals surface area contributed by atoms with E-state index in [-0.39, 0.29) is 10.9 Å². The van der Waals surface area contributed by atoms with Crippen LogP contribution in [0.1, 0.15) is 23.6 Å². The Morgan fingerprint density at radius 2 is 1.28 bits per heavy atom. The number of allylic oxidation sites excluding steroid dienone is 1. The molecular weight excluding hydrogens is 392 g/mol. The first-order chi connectivity index (χ1) is 15.6. The fourth-order valence-electron chi connectivity index (χ4n) is 5.49. The summed E-state index contributed by atoms with van der Waals surface area (Å²) in [5.41, 5.74) is 2.48. The van der Waals surface area contributed by atoms with Crippen LogP contribution in [0.25, 0.3) is 66.0 Å². The number of hydrogen-bond donors (Lipinski definition) is 0. The van der Waals surface area contributed by atoms with Gasteiger partial charge in [-0.1, -0.05) is 79.4 Å². The van der Waals surface area contributed by atoms with Gasteiger partial charge in [0, 0.05) is 32.5 Å². The predicted octanol–water partition coefficient (Wildman–Crippen LogP) is 7.03. The van der Waals surface area contributed by atoms with Crippen LogP contribution in [0.2, 0.25) is 0 Å². The summed E-state index contributed by atoms with van der Waals surface area (Å²) in [7, 11) is 0. The van der Waals surface area contributed by atoms with E-state index >= 15 is 0 Å². The topological polar surface area (TPSA) is 34.1 Å². The molecule has 2 nitrogen and oxygen atoms in total. The van der Waals surface area contributed by atoms with Crippen molar-refractivity contribution < 1.29 is 0 Å². The molecule has 0 unspecified atom stereocenters. The lowest BCUT2D eigenvalue weighted by Crippen LogP contribution is -2.10. The maximum absolute atomic E-state index is 13.6. The molecule has 0 atom stereocenters. The van der Waals surface area contributed by atoms with Gasteiger partial charge in [-0.15, -0.1) is 0 Å². The summed E-state index contributed by atoms with van der Waals surface area (Å²) in [6.07, 6.45) is 5.59. The summed E-state index contributed by atoms with van der Waals surface area (Å²) in [6.45, 7) is 7.88. The van der Waals surface area contributed by atoms with Gasteiger partial charge in [0.15, 0.2) is 10.9 Å². The van der Waals surface area contributed by atoms with E-state index < -0.39 is 0 Å². The molecule has 0 aliphatic heterocycles. The molecule has 0 aromatic heterocycles. The Hall–Kier alpha value is -4.04. The minimum Gasteiger partial charge on any atom is -0.289 e. The average Bonchev–Trinajstić information content (AvgIpc) is 2.81. The van der Waals surface area contributed by atoms with Crippen LogP contribution in [-0.2, 0) is 0 Å². The summed E-state index contributed by atoms with van der Waals surface area (Å²) in [5, 5.41) is 9.10. The summed E-state index contributed by atoms with van der Waals surface area (Å²) in [5.74, 6) is 0. The molecule has 0 saturated carbocycles. The van der Waals surface area contributed by atoms with Crippen molar-refractivity contribution in [1.82, 2.24) is 0 Å². The summed E-state index contributed by atoms with van der Waals surface area (Å²) in [6, 6.07) is 17.9. The third-order valence-electron chi connectivity index (χ3n) is 6.77. The first-order valence-corrected chi connectivity index (χ1v) is 10.8. The zero-order chi connectivity index (χ0) is 22.1. The van der Waals surface area contributed by atoms with Gasteiger partial charge in [0.05, 0.1) is 0 Å². The molecule has 0 aliphatic carbocycles. The van der Waals surface area contributed by atoms with E-state index in [0.29, 0.717) is 10.9 Å². The van der Waals surface area contributed by atoms with Gasteiger partial charge in [0.2, 0.25) is 0 Å². The van der Waals surface area contributed by atoms with Crippen molar-refractivity contribution in [2.24, 2.45) is 0 Å². The van der Waals surface area contributed by atoms with Gasteiger partial charge < -0.3 is 0 Å². The Morgan fingerprint density at radius 3 is 2.03 bits per heavy atom. The lowest BCUT2D eigenvalue weighted by Gasteiger charge is -2.19. The van der Waals surface area contributed by atoms with E-state index in [9.17, 15) is 9.59 Å². The van der Waals surface area contributed by atoms with Gasteiger partial charge in [-0.25, -0.2) is 0 Å². The standard InChI is InChI=1S/C30H20O2/c1-4-9-18-17(5-2)29(31)23-13-8-12-21-26-19-10-6-7-11-20(19)30(32)24-16(3)14-15-22(28(24)26)25(18)27(21)23/h4-15H,2H2,1,3H3/b9-4-. The highest BCUT2D eigenvalue weighted by Crippen LogP contribution is 2.44. The normalized spacial score (nSPS) is 12.3. The maximum atomic E-state index is 13.6. The number of rotatable bonds is 2. The Kier molecular flexibility index (Phi) is 3.79. The smallest absolute Gasteiger partial charge is 0.194 e. The molecule has 0 bridgehead atoms. The highest BCUT2D eigenvalue weighted by Gasteiger charge is 2.22. The number of hydrogen-bond acceptors (Lipinski definition) is 2. The van der Waals surface area contributed by atoms with Crippen molar-refractivity contribution in [2.45, 2.75) is 13.8 Å². The molecule has 152 valence electrons. The van der Waals surface area contributed by atoms with Crippen LogP contribution >= 0.6 is 0 Å². The minimum atomic E-state index is -0.00902. The SMILES string of the molecule is C=Cc1c(/C=C\C)c2c3ccc(C)c4c(=O)c5ccccc5c(c5cccc(c1=O)c52)c43. The van der Waals surface area contributed by atoms with Crippen molar-refractivity contribution >= 4 is 66.0 Å². The molecule has 6 rings (SSSR count). The zero-order valence-corrected chi connectivity index (χ0v) is 18.0. The van der Waals surface area contributed by atoms with Gasteiger partial charge in [-0.3, -0.25) is 9.59 Å². The molecule has 0 spiro atoms. The molecule has 32 heavy (non-hydrogen) atoms. The molecule has 0 radical (unpaired) electrons. The number of aryl methyl sites for hydroxylation is 1. The van der Waals surface area contributed by atoms with Crippen LogP contribution in [0.3, 0.4) is 0 Å². The lowest BCUT2D eigenvalue weighted by molar-refractivity contribution is 1.53. The van der Waals surface area contributed by atoms with E-state index in [1.165, 1.54) is 0 Å². The summed E-state index contributed by atoms with van der Waals surface area (Å²) < 4.78 is 0. The highest BCUT2D eigenvalue weighted by molar-refractivity contribution is 6.39. The van der Waals surface area contributed by atoms with Crippen molar-refractivity contribution in [1.29, 1.82) is 0 Å². The molecule has 0 fully saturated rings. The van der Waals surface area contributed by atoms with Crippen molar-refractivity contribution in [3.05, 3.63) is 104 Å². The predicted molar refractivity (Wildman–Crippen MR) is 138 cm³/mol. The first-order valence-electron chi connectivity index (χ1n) is 10.8. The third kappa shape index (κ3) is 2.14. The van der Waals surface area contributed by atoms with Crippen LogP contribution in [0.5, 0.6) is 0 Å². The molecule has 0 aliphatic rings. The Bertz CT molecular complexity index is 1890. The van der Waals surface area contributed by atoms with Crippen molar-refractivity contribution in [3.63, 3.8) is 0 Å². The van der Waals surface area contributed by atoms with Gasteiger partial charge in [-0.2, -0.15) is 0 Å². The van der Waals surface area contributed by atoms with E-state index in [2.05, 4.69) is 18.7 Å². The van der Waals surface area contributed by atoms with Gasteiger partial charge in [0.1, 0.15) is 0 Å². The highest BCUT2D eigenvalue weighted by atomic mass is 16.1.